The minimum absolute atomic E-state index is 0.0693. The van der Waals surface area contributed by atoms with Crippen LogP contribution in [0.3, 0.4) is 0 Å². The molecule has 0 radical (unpaired) electrons. The summed E-state index contributed by atoms with van der Waals surface area (Å²) in [6, 6.07) is 16.3. The fraction of sp³-hybridized carbons (Fsp3) is 0.464. The molecule has 1 aliphatic rings. The monoisotopic (exact) mass is 503 g/mol. The van der Waals surface area contributed by atoms with Crippen LogP contribution in [0.25, 0.3) is 0 Å². The van der Waals surface area contributed by atoms with Crippen molar-refractivity contribution in [1.82, 2.24) is 4.90 Å². The van der Waals surface area contributed by atoms with Gasteiger partial charge in [0.15, 0.2) is 0 Å². The van der Waals surface area contributed by atoms with Gasteiger partial charge in [0, 0.05) is 27.8 Å². The van der Waals surface area contributed by atoms with Crippen molar-refractivity contribution in [3.05, 3.63) is 82.4 Å². The second kappa shape index (κ2) is 11.8. The number of hydrogen-bond donors (Lipinski definition) is 0. The van der Waals surface area contributed by atoms with E-state index in [1.807, 2.05) is 42.1 Å². The zero-order chi connectivity index (χ0) is 24.0. The summed E-state index contributed by atoms with van der Waals surface area (Å²) in [5, 5.41) is 1.43. The molecule has 1 heterocycles. The topological polar surface area (TPSA) is 20.3 Å². The van der Waals surface area contributed by atoms with Crippen molar-refractivity contribution in [3.63, 3.8) is 0 Å². The van der Waals surface area contributed by atoms with E-state index in [4.69, 9.17) is 23.2 Å². The van der Waals surface area contributed by atoms with Crippen molar-refractivity contribution in [2.45, 2.75) is 64.5 Å². The summed E-state index contributed by atoms with van der Waals surface area (Å²) >= 11 is 14.6. The van der Waals surface area contributed by atoms with Crippen LogP contribution in [0, 0.1) is 5.41 Å². The van der Waals surface area contributed by atoms with Gasteiger partial charge in [-0.15, -0.1) is 6.58 Å². The predicted molar refractivity (Wildman–Crippen MR) is 144 cm³/mol. The lowest BCUT2D eigenvalue weighted by Crippen LogP contribution is -2.56. The molecule has 2 aromatic carbocycles. The van der Waals surface area contributed by atoms with Crippen molar-refractivity contribution in [1.29, 1.82) is 0 Å². The lowest BCUT2D eigenvalue weighted by Gasteiger charge is -2.53. The highest BCUT2D eigenvalue weighted by molar-refractivity contribution is 7.99. The number of likely N-dealkylation sites (tertiary alicyclic amines) is 1. The molecule has 0 aliphatic carbocycles. The second-order valence-electron chi connectivity index (χ2n) is 8.92. The first-order chi connectivity index (χ1) is 15.9. The zero-order valence-corrected chi connectivity index (χ0v) is 22.2. The molecule has 1 fully saturated rings. The molecule has 3 rings (SSSR count). The van der Waals surface area contributed by atoms with Gasteiger partial charge in [0.1, 0.15) is 0 Å². The van der Waals surface area contributed by atoms with Gasteiger partial charge in [0.25, 0.3) is 0 Å². The van der Waals surface area contributed by atoms with Gasteiger partial charge in [0.2, 0.25) is 5.91 Å². The number of carbonyl (C=O) groups excluding carboxylic acids is 1. The first-order valence-electron chi connectivity index (χ1n) is 11.9. The van der Waals surface area contributed by atoms with E-state index >= 15 is 0 Å². The maximum Gasteiger partial charge on any atom is 0.229 e. The summed E-state index contributed by atoms with van der Waals surface area (Å²) in [6.45, 7) is 10.5. The van der Waals surface area contributed by atoms with Crippen molar-refractivity contribution in [3.8, 4) is 0 Å². The highest BCUT2D eigenvalue weighted by Crippen LogP contribution is 2.53. The molecule has 1 aliphatic heterocycles. The molecule has 1 saturated heterocycles. The van der Waals surface area contributed by atoms with Crippen LogP contribution < -0.4 is 0 Å². The smallest absolute Gasteiger partial charge is 0.229 e. The number of hydrogen-bond acceptors (Lipinski definition) is 2. The Morgan fingerprint density at radius 3 is 2.42 bits per heavy atom. The Morgan fingerprint density at radius 2 is 1.85 bits per heavy atom. The van der Waals surface area contributed by atoms with Crippen molar-refractivity contribution >= 4 is 40.9 Å². The van der Waals surface area contributed by atoms with Gasteiger partial charge in [-0.05, 0) is 66.8 Å². The lowest BCUT2D eigenvalue weighted by molar-refractivity contribution is -0.155. The molecule has 2 nitrogen and oxygen atoms in total. The Labute approximate surface area is 213 Å². The number of carbonyl (C=O) groups is 1. The van der Waals surface area contributed by atoms with Crippen LogP contribution in [0.15, 0.2) is 61.2 Å². The van der Waals surface area contributed by atoms with E-state index in [2.05, 4.69) is 56.5 Å². The summed E-state index contributed by atoms with van der Waals surface area (Å²) in [5.41, 5.74) is 1.85. The van der Waals surface area contributed by atoms with Crippen molar-refractivity contribution < 1.29 is 4.79 Å². The van der Waals surface area contributed by atoms with Gasteiger partial charge in [-0.3, -0.25) is 4.79 Å². The number of thioether (sulfide) groups is 1. The lowest BCUT2D eigenvalue weighted by atomic mass is 9.65. The number of allylic oxidation sites excluding steroid dienone is 1. The Morgan fingerprint density at radius 1 is 1.12 bits per heavy atom. The van der Waals surface area contributed by atoms with Crippen LogP contribution in [-0.2, 0) is 4.79 Å². The first-order valence-corrected chi connectivity index (χ1v) is 13.8. The molecular formula is C28H35Cl2NOS. The molecule has 2 aromatic rings. The molecule has 4 unspecified atom stereocenters. The van der Waals surface area contributed by atoms with Crippen LogP contribution in [0.5, 0.6) is 0 Å². The van der Waals surface area contributed by atoms with Gasteiger partial charge in [-0.2, -0.15) is 11.8 Å². The van der Waals surface area contributed by atoms with E-state index in [1.165, 1.54) is 5.56 Å². The van der Waals surface area contributed by atoms with Gasteiger partial charge in [-0.1, -0.05) is 74.3 Å². The van der Waals surface area contributed by atoms with Gasteiger partial charge in [-0.25, -0.2) is 0 Å². The Hall–Kier alpha value is -1.42. The summed E-state index contributed by atoms with van der Waals surface area (Å²) < 4.78 is 0. The molecule has 0 bridgehead atoms. The summed E-state index contributed by atoms with van der Waals surface area (Å²) in [6.07, 6.45) is 5.07. The first kappa shape index (κ1) is 26.2. The normalized spacial score (nSPS) is 24.0. The fourth-order valence-corrected chi connectivity index (χ4v) is 6.46. The van der Waals surface area contributed by atoms with Crippen LogP contribution in [-0.4, -0.2) is 28.4 Å². The van der Waals surface area contributed by atoms with Crippen LogP contribution >= 0.6 is 35.0 Å². The average molecular weight is 505 g/mol. The number of halogens is 2. The Kier molecular flexibility index (Phi) is 9.38. The second-order valence-corrected chi connectivity index (χ2v) is 11.1. The van der Waals surface area contributed by atoms with Gasteiger partial charge >= 0.3 is 0 Å². The largest absolute Gasteiger partial charge is 0.331 e. The maximum absolute atomic E-state index is 14.3. The Bertz CT molecular complexity index is 947. The number of benzene rings is 2. The highest BCUT2D eigenvalue weighted by Gasteiger charge is 2.52. The zero-order valence-electron chi connectivity index (χ0n) is 19.9. The number of piperidine rings is 1. The fourth-order valence-electron chi connectivity index (χ4n) is 5.23. The van der Waals surface area contributed by atoms with E-state index in [-0.39, 0.29) is 23.9 Å². The molecule has 178 valence electrons. The van der Waals surface area contributed by atoms with E-state index in [9.17, 15) is 4.79 Å². The minimum atomic E-state index is -0.456. The van der Waals surface area contributed by atoms with Crippen molar-refractivity contribution in [2.75, 3.05) is 11.5 Å². The molecular weight excluding hydrogens is 469 g/mol. The average Bonchev–Trinajstić information content (AvgIpc) is 2.82. The molecule has 4 atom stereocenters. The third-order valence-corrected chi connectivity index (χ3v) is 8.57. The molecule has 5 heteroatoms. The Balaban J connectivity index is 2.23. The van der Waals surface area contributed by atoms with Crippen LogP contribution in [0.1, 0.15) is 69.5 Å². The van der Waals surface area contributed by atoms with Gasteiger partial charge < -0.3 is 4.90 Å². The summed E-state index contributed by atoms with van der Waals surface area (Å²) in [5.74, 6) is 2.35. The minimum Gasteiger partial charge on any atom is -0.331 e. The maximum atomic E-state index is 14.3. The molecule has 0 spiro atoms. The predicted octanol–water partition coefficient (Wildman–Crippen LogP) is 8.55. The number of amides is 1. The molecule has 0 aromatic heterocycles. The third kappa shape index (κ3) is 5.63. The van der Waals surface area contributed by atoms with E-state index in [0.29, 0.717) is 11.4 Å². The molecule has 0 saturated carbocycles. The SMILES string of the molecule is C=CCC1(CC)CC(c2cccc(Cl)c2)C(c2ccc(Cl)cc2)N(C(CC)CSCC)C1=O. The number of rotatable bonds is 10. The summed E-state index contributed by atoms with van der Waals surface area (Å²) in [7, 11) is 0. The van der Waals surface area contributed by atoms with Crippen LogP contribution in [0.4, 0.5) is 0 Å². The quantitative estimate of drug-likeness (QED) is 0.302. The van der Waals surface area contributed by atoms with Crippen molar-refractivity contribution in [2.24, 2.45) is 5.41 Å². The molecule has 33 heavy (non-hydrogen) atoms. The van der Waals surface area contributed by atoms with E-state index < -0.39 is 5.41 Å². The number of nitrogens with zero attached hydrogens (tertiary/aromatic N) is 1. The third-order valence-electron chi connectivity index (χ3n) is 7.06. The standard InChI is InChI=1S/C28H35Cl2NOS/c1-5-16-28(7-3)18-25(21-10-9-11-23(30)17-21)26(20-12-14-22(29)15-13-20)31(27(28)32)24(6-2)19-33-8-4/h5,9-15,17,24-26H,1,6-8,16,18-19H2,2-4H3. The highest BCUT2D eigenvalue weighted by atomic mass is 35.5. The summed E-state index contributed by atoms with van der Waals surface area (Å²) in [4.78, 5) is 16.6. The molecule has 0 N–H and O–H groups in total. The molecule has 1 amide bonds. The van der Waals surface area contributed by atoms with E-state index in [1.54, 1.807) is 0 Å². The van der Waals surface area contributed by atoms with Gasteiger partial charge in [0.05, 0.1) is 11.5 Å². The van der Waals surface area contributed by atoms with E-state index in [0.717, 1.165) is 41.4 Å². The van der Waals surface area contributed by atoms with Crippen LogP contribution in [0.2, 0.25) is 10.0 Å².